The molecule has 0 amide bonds. The number of hydrogen-bond acceptors (Lipinski definition) is 1. The van der Waals surface area contributed by atoms with Crippen LogP contribution in [0.2, 0.25) is 0 Å². The molecule has 0 aliphatic heterocycles. The molecule has 0 aliphatic carbocycles. The van der Waals surface area contributed by atoms with Crippen molar-refractivity contribution in [3.05, 3.63) is 55.0 Å². The highest BCUT2D eigenvalue weighted by Crippen LogP contribution is 2.14. The molecule has 0 unspecified atom stereocenters. The van der Waals surface area contributed by atoms with Crippen LogP contribution in [0.25, 0.3) is 16.9 Å². The van der Waals surface area contributed by atoms with Crippen LogP contribution < -0.4 is 4.57 Å². The van der Waals surface area contributed by atoms with Crippen LogP contribution >= 0.6 is 0 Å². The molecule has 18 heavy (non-hydrogen) atoms. The Hall–Kier alpha value is -2.16. The number of para-hydroxylation sites is 2. The average molecular weight is 238 g/mol. The summed E-state index contributed by atoms with van der Waals surface area (Å²) in [4.78, 5) is 4.42. The Morgan fingerprint density at radius 1 is 1.11 bits per heavy atom. The Morgan fingerprint density at radius 2 is 1.94 bits per heavy atom. The van der Waals surface area contributed by atoms with Gasteiger partial charge in [0.2, 0.25) is 5.82 Å². The van der Waals surface area contributed by atoms with Crippen molar-refractivity contribution in [1.82, 2.24) is 9.55 Å². The third-order valence-electron chi connectivity index (χ3n) is 3.07. The first kappa shape index (κ1) is 11.0. The van der Waals surface area contributed by atoms with E-state index in [-0.39, 0.29) is 0 Å². The second-order valence-electron chi connectivity index (χ2n) is 4.36. The molecule has 3 nitrogen and oxygen atoms in total. The third kappa shape index (κ3) is 1.78. The monoisotopic (exact) mass is 238 g/mol. The van der Waals surface area contributed by atoms with Gasteiger partial charge in [-0.05, 0) is 24.6 Å². The molecule has 0 spiro atoms. The lowest BCUT2D eigenvalue weighted by atomic mass is 10.3. The van der Waals surface area contributed by atoms with E-state index in [0.717, 1.165) is 18.8 Å². The summed E-state index contributed by atoms with van der Waals surface area (Å²) in [5.74, 6) is 0.962. The molecule has 3 rings (SSSR count). The first-order valence-electron chi connectivity index (χ1n) is 6.31. The topological polar surface area (TPSA) is 21.7 Å². The summed E-state index contributed by atoms with van der Waals surface area (Å²) >= 11 is 0. The highest BCUT2D eigenvalue weighted by molar-refractivity contribution is 5.73. The number of benzene rings is 1. The van der Waals surface area contributed by atoms with Crippen LogP contribution in [0, 0.1) is 0 Å². The molecule has 0 bridgehead atoms. The van der Waals surface area contributed by atoms with Gasteiger partial charge in [0.1, 0.15) is 0 Å². The maximum absolute atomic E-state index is 4.42. The largest absolute Gasteiger partial charge is 0.251 e. The fourth-order valence-electron chi connectivity index (χ4n) is 2.27. The quantitative estimate of drug-likeness (QED) is 0.643. The molecule has 0 radical (unpaired) electrons. The smallest absolute Gasteiger partial charge is 0.229 e. The van der Waals surface area contributed by atoms with E-state index < -0.39 is 0 Å². The van der Waals surface area contributed by atoms with E-state index in [9.17, 15) is 0 Å². The molecule has 2 heterocycles. The molecule has 0 saturated heterocycles. The Balaban J connectivity index is 2.24. The Labute approximate surface area is 106 Å². The molecule has 0 saturated carbocycles. The van der Waals surface area contributed by atoms with Gasteiger partial charge in [-0.2, -0.15) is 4.57 Å². The summed E-state index contributed by atoms with van der Waals surface area (Å²) < 4.78 is 4.43. The molecular weight excluding hydrogens is 222 g/mol. The summed E-state index contributed by atoms with van der Waals surface area (Å²) in [5.41, 5.74) is 2.45. The number of aromatic nitrogens is 3. The van der Waals surface area contributed by atoms with Crippen molar-refractivity contribution in [1.29, 1.82) is 0 Å². The average Bonchev–Trinajstić information content (AvgIpc) is 2.80. The van der Waals surface area contributed by atoms with E-state index in [1.165, 1.54) is 11.0 Å². The van der Waals surface area contributed by atoms with Crippen molar-refractivity contribution in [2.45, 2.75) is 19.9 Å². The Morgan fingerprint density at radius 3 is 2.72 bits per heavy atom. The van der Waals surface area contributed by atoms with Crippen molar-refractivity contribution in [3.63, 3.8) is 0 Å². The van der Waals surface area contributed by atoms with Gasteiger partial charge in [0.05, 0.1) is 6.54 Å². The number of imidazole rings is 1. The minimum Gasteiger partial charge on any atom is -0.229 e. The predicted molar refractivity (Wildman–Crippen MR) is 71.6 cm³/mol. The molecule has 0 aliphatic rings. The zero-order valence-corrected chi connectivity index (χ0v) is 10.5. The van der Waals surface area contributed by atoms with Crippen molar-refractivity contribution in [3.8, 4) is 5.82 Å². The summed E-state index contributed by atoms with van der Waals surface area (Å²) in [7, 11) is 0. The van der Waals surface area contributed by atoms with E-state index in [2.05, 4.69) is 51.6 Å². The van der Waals surface area contributed by atoms with Gasteiger partial charge in [0, 0.05) is 12.3 Å². The lowest BCUT2D eigenvalue weighted by Gasteiger charge is -1.93. The summed E-state index contributed by atoms with van der Waals surface area (Å²) in [5, 5.41) is 0. The van der Waals surface area contributed by atoms with E-state index in [1.807, 2.05) is 24.4 Å². The molecular formula is C15H16N3+. The van der Waals surface area contributed by atoms with Crippen LogP contribution in [0.4, 0.5) is 0 Å². The fourth-order valence-corrected chi connectivity index (χ4v) is 2.27. The Kier molecular flexibility index (Phi) is 2.81. The van der Waals surface area contributed by atoms with Gasteiger partial charge >= 0.3 is 0 Å². The van der Waals surface area contributed by atoms with Crippen molar-refractivity contribution < 1.29 is 4.57 Å². The van der Waals surface area contributed by atoms with Crippen LogP contribution in [0.1, 0.15) is 13.3 Å². The van der Waals surface area contributed by atoms with Crippen molar-refractivity contribution in [2.24, 2.45) is 0 Å². The Bertz CT molecular complexity index is 656. The number of rotatable bonds is 3. The molecule has 0 fully saturated rings. The highest BCUT2D eigenvalue weighted by Gasteiger charge is 2.16. The van der Waals surface area contributed by atoms with E-state index in [0.29, 0.717) is 0 Å². The number of fused-ring (bicyclic) bond motifs is 1. The minimum atomic E-state index is 0.962. The highest BCUT2D eigenvalue weighted by atomic mass is 15.2. The standard InChI is InChI=1S/C15H16N3/c1-2-11-17-12-18(15-9-5-6-10-16-15)14-8-4-3-7-13(14)17/h3-10,12H,2,11H2,1H3/q+1. The van der Waals surface area contributed by atoms with Crippen molar-refractivity contribution in [2.75, 3.05) is 0 Å². The molecule has 2 aromatic heterocycles. The van der Waals surface area contributed by atoms with Crippen molar-refractivity contribution >= 4 is 11.0 Å². The SMILES string of the molecule is CCC[n+]1cn(-c2ccccn2)c2ccccc21. The number of aryl methyl sites for hydroxylation is 1. The fraction of sp³-hybridized carbons (Fsp3) is 0.200. The first-order chi connectivity index (χ1) is 8.90. The van der Waals surface area contributed by atoms with E-state index in [4.69, 9.17) is 0 Å². The maximum atomic E-state index is 4.42. The summed E-state index contributed by atoms with van der Waals surface area (Å²) in [6.45, 7) is 3.22. The second-order valence-corrected chi connectivity index (χ2v) is 4.36. The lowest BCUT2D eigenvalue weighted by Crippen LogP contribution is -2.31. The minimum absolute atomic E-state index is 0.962. The third-order valence-corrected chi connectivity index (χ3v) is 3.07. The molecule has 0 N–H and O–H groups in total. The van der Waals surface area contributed by atoms with Crippen LogP contribution in [-0.4, -0.2) is 9.55 Å². The van der Waals surface area contributed by atoms with Crippen LogP contribution in [0.15, 0.2) is 55.0 Å². The van der Waals surface area contributed by atoms with E-state index >= 15 is 0 Å². The normalized spacial score (nSPS) is 10.9. The van der Waals surface area contributed by atoms with Crippen LogP contribution in [0.5, 0.6) is 0 Å². The molecule has 90 valence electrons. The predicted octanol–water partition coefficient (Wildman–Crippen LogP) is 2.72. The molecule has 3 aromatic rings. The lowest BCUT2D eigenvalue weighted by molar-refractivity contribution is -0.671. The molecule has 1 aromatic carbocycles. The second kappa shape index (κ2) is 4.61. The van der Waals surface area contributed by atoms with Crippen LogP contribution in [-0.2, 0) is 6.54 Å². The molecule has 3 heteroatoms. The molecule has 0 atom stereocenters. The zero-order chi connectivity index (χ0) is 12.4. The number of pyridine rings is 1. The van der Waals surface area contributed by atoms with Gasteiger partial charge in [-0.1, -0.05) is 25.1 Å². The maximum Gasteiger partial charge on any atom is 0.251 e. The van der Waals surface area contributed by atoms with Crippen LogP contribution in [0.3, 0.4) is 0 Å². The summed E-state index contributed by atoms with van der Waals surface area (Å²) in [6.07, 6.45) is 5.09. The van der Waals surface area contributed by atoms with Gasteiger partial charge in [-0.25, -0.2) is 9.55 Å². The van der Waals surface area contributed by atoms with Gasteiger partial charge < -0.3 is 0 Å². The zero-order valence-electron chi connectivity index (χ0n) is 10.5. The summed E-state index contributed by atoms with van der Waals surface area (Å²) in [6, 6.07) is 14.4. The van der Waals surface area contributed by atoms with Gasteiger partial charge in [0.25, 0.3) is 6.33 Å². The van der Waals surface area contributed by atoms with Gasteiger partial charge in [0.15, 0.2) is 11.0 Å². The van der Waals surface area contributed by atoms with E-state index in [1.54, 1.807) is 0 Å². The number of hydrogen-bond donors (Lipinski definition) is 0. The van der Waals surface area contributed by atoms with Gasteiger partial charge in [-0.15, -0.1) is 0 Å². The first-order valence-corrected chi connectivity index (χ1v) is 6.31. The number of nitrogens with zero attached hydrogens (tertiary/aromatic N) is 3. The van der Waals surface area contributed by atoms with Gasteiger partial charge in [-0.3, -0.25) is 0 Å².